The van der Waals surface area contributed by atoms with Crippen LogP contribution in [0.5, 0.6) is 0 Å². The van der Waals surface area contributed by atoms with Crippen LogP contribution in [0, 0.1) is 0 Å². The summed E-state index contributed by atoms with van der Waals surface area (Å²) in [7, 11) is 0. The average Bonchev–Trinajstić information content (AvgIpc) is 3.10. The largest absolute Gasteiger partial charge is 0.462 e. The Kier molecular flexibility index (Phi) is 6.76. The van der Waals surface area contributed by atoms with E-state index in [1.54, 1.807) is 19.1 Å². The molecule has 0 unspecified atom stereocenters. The van der Waals surface area contributed by atoms with Gasteiger partial charge in [-0.25, -0.2) is 4.79 Å². The summed E-state index contributed by atoms with van der Waals surface area (Å²) < 4.78 is 5.14. The van der Waals surface area contributed by atoms with E-state index in [4.69, 9.17) is 4.74 Å². The standard InChI is InChI=1S/C23H21NO3S/c1-2-27-23(26)20-16-19(15-18-11-7-4-8-12-18)28-22(20)24-21(25)14-13-17-9-5-3-6-10-17/h3-14,16H,2,15H2,1H3,(H,24,25)/b14-13+. The first-order valence-corrected chi connectivity index (χ1v) is 9.85. The molecule has 1 amide bonds. The van der Waals surface area contributed by atoms with Gasteiger partial charge in [0, 0.05) is 17.4 Å². The number of thiophene rings is 1. The van der Waals surface area contributed by atoms with Crippen LogP contribution in [-0.2, 0) is 16.0 Å². The molecule has 3 aromatic rings. The Hall–Kier alpha value is -3.18. The third-order valence-corrected chi connectivity index (χ3v) is 5.01. The van der Waals surface area contributed by atoms with Crippen LogP contribution in [-0.4, -0.2) is 18.5 Å². The van der Waals surface area contributed by atoms with E-state index in [9.17, 15) is 9.59 Å². The third kappa shape index (κ3) is 5.41. The summed E-state index contributed by atoms with van der Waals surface area (Å²) in [6.45, 7) is 2.04. The van der Waals surface area contributed by atoms with Gasteiger partial charge >= 0.3 is 5.97 Å². The van der Waals surface area contributed by atoms with Crippen LogP contribution in [0.3, 0.4) is 0 Å². The maximum absolute atomic E-state index is 12.3. The van der Waals surface area contributed by atoms with Crippen molar-refractivity contribution in [1.82, 2.24) is 0 Å². The molecule has 0 bridgehead atoms. The molecular weight excluding hydrogens is 370 g/mol. The fourth-order valence-electron chi connectivity index (χ4n) is 2.67. The van der Waals surface area contributed by atoms with Gasteiger partial charge < -0.3 is 10.1 Å². The summed E-state index contributed by atoms with van der Waals surface area (Å²) in [5, 5.41) is 3.32. The van der Waals surface area contributed by atoms with Gasteiger partial charge in [0.05, 0.1) is 12.2 Å². The minimum atomic E-state index is -0.430. The summed E-state index contributed by atoms with van der Waals surface area (Å²) in [6, 6.07) is 21.3. The lowest BCUT2D eigenvalue weighted by Crippen LogP contribution is -2.11. The van der Waals surface area contributed by atoms with Crippen LogP contribution in [0.4, 0.5) is 5.00 Å². The highest BCUT2D eigenvalue weighted by atomic mass is 32.1. The molecule has 1 N–H and O–H groups in total. The maximum atomic E-state index is 12.3. The van der Waals surface area contributed by atoms with Crippen LogP contribution >= 0.6 is 11.3 Å². The van der Waals surface area contributed by atoms with Crippen molar-refractivity contribution >= 4 is 34.3 Å². The first-order valence-electron chi connectivity index (χ1n) is 9.03. The molecule has 0 aliphatic heterocycles. The highest BCUT2D eigenvalue weighted by molar-refractivity contribution is 7.16. The lowest BCUT2D eigenvalue weighted by molar-refractivity contribution is -0.111. The molecule has 0 aliphatic rings. The van der Waals surface area contributed by atoms with Crippen molar-refractivity contribution in [3.8, 4) is 0 Å². The maximum Gasteiger partial charge on any atom is 0.341 e. The first-order chi connectivity index (χ1) is 13.7. The Morgan fingerprint density at radius 2 is 1.71 bits per heavy atom. The molecule has 2 aromatic carbocycles. The van der Waals surface area contributed by atoms with Gasteiger partial charge in [-0.2, -0.15) is 0 Å². The molecule has 0 atom stereocenters. The summed E-state index contributed by atoms with van der Waals surface area (Å²) in [5.41, 5.74) is 2.46. The van der Waals surface area contributed by atoms with E-state index in [1.807, 2.05) is 60.7 Å². The van der Waals surface area contributed by atoms with Gasteiger partial charge in [0.25, 0.3) is 0 Å². The molecule has 3 rings (SSSR count). The summed E-state index contributed by atoms with van der Waals surface area (Å²) >= 11 is 1.39. The van der Waals surface area contributed by atoms with E-state index in [0.29, 0.717) is 17.0 Å². The number of hydrogen-bond donors (Lipinski definition) is 1. The van der Waals surface area contributed by atoms with Crippen molar-refractivity contribution < 1.29 is 14.3 Å². The van der Waals surface area contributed by atoms with Crippen LogP contribution in [0.2, 0.25) is 0 Å². The highest BCUT2D eigenvalue weighted by Crippen LogP contribution is 2.30. The SMILES string of the molecule is CCOC(=O)c1cc(Cc2ccccc2)sc1NC(=O)/C=C/c1ccccc1. The molecule has 0 fully saturated rings. The summed E-state index contributed by atoms with van der Waals surface area (Å²) in [4.78, 5) is 25.6. The van der Waals surface area contributed by atoms with Gasteiger partial charge in [-0.3, -0.25) is 4.79 Å². The Morgan fingerprint density at radius 3 is 2.39 bits per heavy atom. The lowest BCUT2D eigenvalue weighted by atomic mass is 10.1. The second-order valence-electron chi connectivity index (χ2n) is 6.07. The zero-order chi connectivity index (χ0) is 19.8. The first kappa shape index (κ1) is 19.6. The average molecular weight is 391 g/mol. The molecule has 4 nitrogen and oxygen atoms in total. The van der Waals surface area contributed by atoms with Crippen molar-refractivity contribution in [3.63, 3.8) is 0 Å². The number of amides is 1. The monoisotopic (exact) mass is 391 g/mol. The van der Waals surface area contributed by atoms with Crippen molar-refractivity contribution in [2.75, 3.05) is 11.9 Å². The van der Waals surface area contributed by atoms with E-state index in [2.05, 4.69) is 5.32 Å². The normalized spacial score (nSPS) is 10.8. The van der Waals surface area contributed by atoms with Gasteiger partial charge in [0.2, 0.25) is 5.91 Å². The predicted octanol–water partition coefficient (Wildman–Crippen LogP) is 5.17. The molecule has 0 radical (unpaired) electrons. The smallest absolute Gasteiger partial charge is 0.341 e. The van der Waals surface area contributed by atoms with Crippen LogP contribution in [0.1, 0.15) is 33.3 Å². The van der Waals surface area contributed by atoms with Crippen molar-refractivity contribution in [1.29, 1.82) is 0 Å². The molecule has 1 heterocycles. The van der Waals surface area contributed by atoms with E-state index in [-0.39, 0.29) is 12.5 Å². The molecule has 28 heavy (non-hydrogen) atoms. The van der Waals surface area contributed by atoms with Gasteiger partial charge in [-0.1, -0.05) is 60.7 Å². The van der Waals surface area contributed by atoms with Crippen LogP contribution in [0.15, 0.2) is 72.8 Å². The fraction of sp³-hybridized carbons (Fsp3) is 0.130. The number of carbonyl (C=O) groups excluding carboxylic acids is 2. The highest BCUT2D eigenvalue weighted by Gasteiger charge is 2.18. The van der Waals surface area contributed by atoms with Crippen molar-refractivity contribution in [2.45, 2.75) is 13.3 Å². The van der Waals surface area contributed by atoms with E-state index in [1.165, 1.54) is 17.4 Å². The quantitative estimate of drug-likeness (QED) is 0.447. The third-order valence-electron chi connectivity index (χ3n) is 3.96. The summed E-state index contributed by atoms with van der Waals surface area (Å²) in [6.07, 6.45) is 3.88. The number of anilines is 1. The second-order valence-corrected chi connectivity index (χ2v) is 7.21. The molecular formula is C23H21NO3S. The Morgan fingerprint density at radius 1 is 1.04 bits per heavy atom. The number of ether oxygens (including phenoxy) is 1. The van der Waals surface area contributed by atoms with Crippen molar-refractivity contribution in [2.24, 2.45) is 0 Å². The Balaban J connectivity index is 1.78. The van der Waals surface area contributed by atoms with E-state index >= 15 is 0 Å². The zero-order valence-corrected chi connectivity index (χ0v) is 16.4. The van der Waals surface area contributed by atoms with Gasteiger partial charge in [-0.05, 0) is 30.2 Å². The Bertz CT molecular complexity index is 962. The number of nitrogens with one attached hydrogen (secondary N) is 1. The Labute approximate surface area is 168 Å². The van der Waals surface area contributed by atoms with Crippen molar-refractivity contribution in [3.05, 3.63) is 94.4 Å². The fourth-order valence-corrected chi connectivity index (χ4v) is 3.75. The number of esters is 1. The van der Waals surface area contributed by atoms with Gasteiger partial charge in [0.1, 0.15) is 5.00 Å². The van der Waals surface area contributed by atoms with Gasteiger partial charge in [-0.15, -0.1) is 11.3 Å². The second kappa shape index (κ2) is 9.67. The molecule has 0 saturated heterocycles. The summed E-state index contributed by atoms with van der Waals surface area (Å²) in [5.74, 6) is -0.720. The number of rotatable bonds is 7. The molecule has 0 saturated carbocycles. The topological polar surface area (TPSA) is 55.4 Å². The number of carbonyl (C=O) groups is 2. The van der Waals surface area contributed by atoms with Crippen LogP contribution < -0.4 is 5.32 Å². The predicted molar refractivity (Wildman–Crippen MR) is 114 cm³/mol. The molecule has 0 spiro atoms. The van der Waals surface area contributed by atoms with Crippen LogP contribution in [0.25, 0.3) is 6.08 Å². The lowest BCUT2D eigenvalue weighted by Gasteiger charge is -2.03. The van der Waals surface area contributed by atoms with Gasteiger partial charge in [0.15, 0.2) is 0 Å². The molecule has 142 valence electrons. The zero-order valence-electron chi connectivity index (χ0n) is 15.6. The molecule has 1 aromatic heterocycles. The molecule has 5 heteroatoms. The van der Waals surface area contributed by atoms with E-state index in [0.717, 1.165) is 16.0 Å². The molecule has 0 aliphatic carbocycles. The number of hydrogen-bond acceptors (Lipinski definition) is 4. The minimum Gasteiger partial charge on any atom is -0.462 e. The number of benzene rings is 2. The minimum absolute atomic E-state index is 0.282. The van der Waals surface area contributed by atoms with E-state index < -0.39 is 5.97 Å².